The Morgan fingerprint density at radius 3 is 2.50 bits per heavy atom. The second-order valence-electron chi connectivity index (χ2n) is 6.13. The van der Waals surface area contributed by atoms with E-state index in [1.807, 2.05) is 30.3 Å². The maximum Gasteiger partial charge on any atom is 0.234 e. The van der Waals surface area contributed by atoms with Crippen LogP contribution < -0.4 is 11.1 Å². The summed E-state index contributed by atoms with van der Waals surface area (Å²) < 4.78 is 0. The number of carbonyl (C=O) groups excluding carboxylic acids is 1. The molecule has 0 radical (unpaired) electrons. The first-order chi connectivity index (χ1) is 9.72. The third kappa shape index (κ3) is 3.02. The minimum Gasteiger partial charge on any atom is -0.351 e. The molecule has 108 valence electrons. The van der Waals surface area contributed by atoms with Crippen LogP contribution >= 0.6 is 0 Å². The van der Waals surface area contributed by atoms with Gasteiger partial charge in [0.15, 0.2) is 0 Å². The molecule has 20 heavy (non-hydrogen) atoms. The predicted molar refractivity (Wildman–Crippen MR) is 78.9 cm³/mol. The molecule has 1 amide bonds. The number of benzene rings is 1. The van der Waals surface area contributed by atoms with Gasteiger partial charge in [0.1, 0.15) is 0 Å². The number of nitrogens with zero attached hydrogens (tertiary/aromatic N) is 1. The fourth-order valence-electron chi connectivity index (χ4n) is 3.55. The highest BCUT2D eigenvalue weighted by Gasteiger charge is 2.39. The van der Waals surface area contributed by atoms with Crippen molar-refractivity contribution >= 4 is 5.91 Å². The van der Waals surface area contributed by atoms with Gasteiger partial charge in [0.25, 0.3) is 0 Å². The third-order valence-electron chi connectivity index (χ3n) is 4.68. The standard InChI is InChI=1S/C16H23N3O/c17-16-13-6-7-14(16)10-19(9-13)11-15(20)18-8-12-4-2-1-3-5-12/h1-5,13-14,16H,6-11,17H2,(H,18,20)/t13-,14+,16?. The number of hydrogen-bond donors (Lipinski definition) is 2. The zero-order valence-corrected chi connectivity index (χ0v) is 11.8. The van der Waals surface area contributed by atoms with Gasteiger partial charge in [0.2, 0.25) is 5.91 Å². The van der Waals surface area contributed by atoms with Crippen LogP contribution in [0.2, 0.25) is 0 Å². The first kappa shape index (κ1) is 13.6. The van der Waals surface area contributed by atoms with E-state index in [1.165, 1.54) is 12.8 Å². The molecule has 1 saturated heterocycles. The van der Waals surface area contributed by atoms with Crippen molar-refractivity contribution in [2.45, 2.75) is 25.4 Å². The van der Waals surface area contributed by atoms with Gasteiger partial charge in [0.05, 0.1) is 6.54 Å². The molecule has 1 unspecified atom stereocenters. The maximum atomic E-state index is 12.0. The second-order valence-corrected chi connectivity index (χ2v) is 6.13. The fourth-order valence-corrected chi connectivity index (χ4v) is 3.55. The van der Waals surface area contributed by atoms with Crippen LogP contribution in [0.3, 0.4) is 0 Å². The number of amides is 1. The normalized spacial score (nSPS) is 29.4. The molecule has 4 heteroatoms. The summed E-state index contributed by atoms with van der Waals surface area (Å²) in [4.78, 5) is 14.3. The van der Waals surface area contributed by atoms with Gasteiger partial charge in [-0.2, -0.15) is 0 Å². The lowest BCUT2D eigenvalue weighted by Crippen LogP contribution is -2.51. The Hall–Kier alpha value is -1.39. The van der Waals surface area contributed by atoms with E-state index in [0.29, 0.717) is 31.0 Å². The molecule has 3 rings (SSSR count). The fraction of sp³-hybridized carbons (Fsp3) is 0.562. The lowest BCUT2D eigenvalue weighted by Gasteiger charge is -2.35. The Morgan fingerprint density at radius 2 is 1.85 bits per heavy atom. The highest BCUT2D eigenvalue weighted by molar-refractivity contribution is 5.78. The van der Waals surface area contributed by atoms with Gasteiger partial charge >= 0.3 is 0 Å². The molecule has 1 aliphatic carbocycles. The van der Waals surface area contributed by atoms with E-state index in [4.69, 9.17) is 5.73 Å². The van der Waals surface area contributed by atoms with E-state index in [2.05, 4.69) is 10.2 Å². The largest absolute Gasteiger partial charge is 0.351 e. The van der Waals surface area contributed by atoms with Crippen molar-refractivity contribution in [1.29, 1.82) is 0 Å². The van der Waals surface area contributed by atoms with E-state index in [9.17, 15) is 4.79 Å². The molecule has 1 aliphatic heterocycles. The molecule has 3 N–H and O–H groups in total. The molecule has 1 heterocycles. The minimum atomic E-state index is 0.115. The van der Waals surface area contributed by atoms with Crippen molar-refractivity contribution in [2.75, 3.05) is 19.6 Å². The van der Waals surface area contributed by atoms with Gasteiger partial charge in [-0.15, -0.1) is 0 Å². The molecule has 1 aromatic rings. The zero-order valence-electron chi connectivity index (χ0n) is 11.8. The molecule has 1 saturated carbocycles. The number of hydrogen-bond acceptors (Lipinski definition) is 3. The van der Waals surface area contributed by atoms with Crippen LogP contribution in [0.15, 0.2) is 30.3 Å². The van der Waals surface area contributed by atoms with Crippen molar-refractivity contribution in [1.82, 2.24) is 10.2 Å². The van der Waals surface area contributed by atoms with Crippen LogP contribution in [0.4, 0.5) is 0 Å². The first-order valence-electron chi connectivity index (χ1n) is 7.51. The van der Waals surface area contributed by atoms with Crippen LogP contribution in [0.5, 0.6) is 0 Å². The zero-order chi connectivity index (χ0) is 13.9. The van der Waals surface area contributed by atoms with Crippen molar-refractivity contribution in [3.05, 3.63) is 35.9 Å². The molecule has 2 aliphatic rings. The van der Waals surface area contributed by atoms with Gasteiger partial charge < -0.3 is 11.1 Å². The van der Waals surface area contributed by atoms with Crippen molar-refractivity contribution in [3.63, 3.8) is 0 Å². The minimum absolute atomic E-state index is 0.115. The first-order valence-corrected chi connectivity index (χ1v) is 7.51. The number of piperidine rings is 1. The molecular formula is C16H23N3O. The van der Waals surface area contributed by atoms with Crippen molar-refractivity contribution in [2.24, 2.45) is 17.6 Å². The molecule has 3 atom stereocenters. The Labute approximate surface area is 120 Å². The number of likely N-dealkylation sites (tertiary alicyclic amines) is 1. The molecule has 0 aromatic heterocycles. The van der Waals surface area contributed by atoms with Crippen molar-refractivity contribution < 1.29 is 4.79 Å². The van der Waals surface area contributed by atoms with E-state index in [-0.39, 0.29) is 5.91 Å². The SMILES string of the molecule is NC1[C@@H]2CC[C@H]1CN(CC(=O)NCc1ccccc1)C2. The van der Waals surface area contributed by atoms with E-state index in [0.717, 1.165) is 18.7 Å². The van der Waals surface area contributed by atoms with Crippen LogP contribution in [0.1, 0.15) is 18.4 Å². The van der Waals surface area contributed by atoms with Gasteiger partial charge in [-0.3, -0.25) is 9.69 Å². The summed E-state index contributed by atoms with van der Waals surface area (Å²) in [6.45, 7) is 3.08. The number of nitrogens with two attached hydrogens (primary N) is 1. The topological polar surface area (TPSA) is 58.4 Å². The summed E-state index contributed by atoms with van der Waals surface area (Å²) in [6, 6.07) is 10.4. The molecule has 1 aromatic carbocycles. The number of rotatable bonds is 4. The van der Waals surface area contributed by atoms with Crippen LogP contribution in [-0.2, 0) is 11.3 Å². The average molecular weight is 273 g/mol. The Bertz CT molecular complexity index is 448. The number of nitrogens with one attached hydrogen (secondary N) is 1. The Morgan fingerprint density at radius 1 is 1.20 bits per heavy atom. The summed E-state index contributed by atoms with van der Waals surface area (Å²) in [5, 5.41) is 3.00. The van der Waals surface area contributed by atoms with Gasteiger partial charge in [-0.05, 0) is 30.2 Å². The van der Waals surface area contributed by atoms with Crippen molar-refractivity contribution in [3.8, 4) is 0 Å². The van der Waals surface area contributed by atoms with Crippen LogP contribution in [0, 0.1) is 11.8 Å². The molecule has 2 fully saturated rings. The van der Waals surface area contributed by atoms with E-state index < -0.39 is 0 Å². The summed E-state index contributed by atoms with van der Waals surface area (Å²) in [5.74, 6) is 1.30. The highest BCUT2D eigenvalue weighted by atomic mass is 16.2. The van der Waals surface area contributed by atoms with Gasteiger partial charge in [-0.25, -0.2) is 0 Å². The monoisotopic (exact) mass is 273 g/mol. The van der Waals surface area contributed by atoms with E-state index in [1.54, 1.807) is 0 Å². The summed E-state index contributed by atoms with van der Waals surface area (Å²) in [5.41, 5.74) is 7.33. The summed E-state index contributed by atoms with van der Waals surface area (Å²) >= 11 is 0. The Balaban J connectivity index is 1.45. The highest BCUT2D eigenvalue weighted by Crippen LogP contribution is 2.35. The second kappa shape index (κ2) is 5.94. The van der Waals surface area contributed by atoms with Gasteiger partial charge in [-0.1, -0.05) is 30.3 Å². The lowest BCUT2D eigenvalue weighted by molar-refractivity contribution is -0.123. The number of fused-ring (bicyclic) bond motifs is 2. The molecule has 4 nitrogen and oxygen atoms in total. The Kier molecular flexibility index (Phi) is 4.03. The average Bonchev–Trinajstić information content (AvgIpc) is 2.68. The predicted octanol–water partition coefficient (Wildman–Crippen LogP) is 0.972. The summed E-state index contributed by atoms with van der Waals surface area (Å²) in [6.07, 6.45) is 2.46. The lowest BCUT2D eigenvalue weighted by atomic mass is 9.93. The third-order valence-corrected chi connectivity index (χ3v) is 4.68. The molecular weight excluding hydrogens is 250 g/mol. The quantitative estimate of drug-likeness (QED) is 0.859. The maximum absolute atomic E-state index is 12.0. The van der Waals surface area contributed by atoms with Crippen LogP contribution in [-0.4, -0.2) is 36.5 Å². The van der Waals surface area contributed by atoms with Crippen LogP contribution in [0.25, 0.3) is 0 Å². The number of carbonyl (C=O) groups is 1. The van der Waals surface area contributed by atoms with E-state index >= 15 is 0 Å². The molecule has 2 bridgehead atoms. The molecule has 0 spiro atoms. The smallest absolute Gasteiger partial charge is 0.234 e. The van der Waals surface area contributed by atoms with Gasteiger partial charge in [0, 0.05) is 25.7 Å². The summed E-state index contributed by atoms with van der Waals surface area (Å²) in [7, 11) is 0.